The Morgan fingerprint density at radius 3 is 2.69 bits per heavy atom. The molecule has 1 amide bonds. The molecule has 1 aromatic carbocycles. The summed E-state index contributed by atoms with van der Waals surface area (Å²) in [6.07, 6.45) is 0.166. The Bertz CT molecular complexity index is 325. The van der Waals surface area contributed by atoms with Crippen molar-refractivity contribution in [3.05, 3.63) is 35.4 Å². The fourth-order valence-electron chi connectivity index (χ4n) is 0.999. The Hall–Kier alpha value is -1.45. The van der Waals surface area contributed by atoms with Gasteiger partial charge in [-0.05, 0) is 18.1 Å². The van der Waals surface area contributed by atoms with Gasteiger partial charge in [-0.15, -0.1) is 0 Å². The summed E-state index contributed by atoms with van der Waals surface area (Å²) in [4.78, 5) is 10.4. The van der Waals surface area contributed by atoms with Gasteiger partial charge in [0, 0.05) is 6.42 Å². The van der Waals surface area contributed by atoms with Crippen LogP contribution in [0.3, 0.4) is 0 Å². The van der Waals surface area contributed by atoms with Gasteiger partial charge >= 0.3 is 0 Å². The third-order valence-electron chi connectivity index (χ3n) is 1.67. The van der Waals surface area contributed by atoms with Crippen molar-refractivity contribution in [2.75, 3.05) is 0 Å². The van der Waals surface area contributed by atoms with Crippen LogP contribution in [0.15, 0.2) is 18.2 Å². The minimum atomic E-state index is -0.901. The fourth-order valence-corrected chi connectivity index (χ4v) is 0.999. The van der Waals surface area contributed by atoms with Crippen molar-refractivity contribution in [3.63, 3.8) is 0 Å². The number of amides is 1. The van der Waals surface area contributed by atoms with Gasteiger partial charge in [0.15, 0.2) is 11.6 Å². The van der Waals surface area contributed by atoms with Gasteiger partial charge in [0.05, 0.1) is 0 Å². The van der Waals surface area contributed by atoms with Gasteiger partial charge in [0.25, 0.3) is 0 Å². The second kappa shape index (κ2) is 3.98. The van der Waals surface area contributed by atoms with Crippen molar-refractivity contribution in [1.29, 1.82) is 0 Å². The first-order valence-electron chi connectivity index (χ1n) is 3.82. The van der Waals surface area contributed by atoms with Gasteiger partial charge in [0.1, 0.15) is 0 Å². The van der Waals surface area contributed by atoms with Gasteiger partial charge in [-0.25, -0.2) is 8.78 Å². The van der Waals surface area contributed by atoms with E-state index in [1.54, 1.807) is 0 Å². The van der Waals surface area contributed by atoms with E-state index in [1.165, 1.54) is 12.1 Å². The summed E-state index contributed by atoms with van der Waals surface area (Å²) in [5.41, 5.74) is 5.05. The molecule has 0 aromatic heterocycles. The number of benzene rings is 1. The molecule has 0 saturated heterocycles. The molecule has 0 aliphatic rings. The molecule has 0 unspecified atom stereocenters. The van der Waals surface area contributed by atoms with Crippen molar-refractivity contribution in [1.82, 2.24) is 0 Å². The summed E-state index contributed by atoms with van der Waals surface area (Å²) in [6, 6.07) is 3.86. The second-order valence-electron chi connectivity index (χ2n) is 2.68. The van der Waals surface area contributed by atoms with E-state index in [-0.39, 0.29) is 18.4 Å². The molecule has 1 rings (SSSR count). The van der Waals surface area contributed by atoms with E-state index < -0.39 is 17.5 Å². The number of hydrogen-bond donors (Lipinski definition) is 1. The topological polar surface area (TPSA) is 43.1 Å². The lowest BCUT2D eigenvalue weighted by Crippen LogP contribution is -2.11. The standard InChI is InChI=1S/C9H9F2NO/c10-7-3-1-2-6(9(7)11)4-5-8(12)13/h1-3H,4-5H2,(H2,12,13). The van der Waals surface area contributed by atoms with Crippen molar-refractivity contribution in [2.45, 2.75) is 12.8 Å². The number of nitrogens with two attached hydrogens (primary N) is 1. The molecule has 4 heteroatoms. The number of primary amides is 1. The van der Waals surface area contributed by atoms with Gasteiger partial charge in [0.2, 0.25) is 5.91 Å². The van der Waals surface area contributed by atoms with Gasteiger partial charge in [-0.3, -0.25) is 4.79 Å². The number of hydrogen-bond acceptors (Lipinski definition) is 1. The summed E-state index contributed by atoms with van der Waals surface area (Å²) < 4.78 is 25.5. The van der Waals surface area contributed by atoms with E-state index in [0.717, 1.165) is 6.07 Å². The zero-order chi connectivity index (χ0) is 9.84. The number of carbonyl (C=O) groups is 1. The summed E-state index contributed by atoms with van der Waals surface area (Å²) in [7, 11) is 0. The molecule has 70 valence electrons. The van der Waals surface area contributed by atoms with Crippen molar-refractivity contribution in [3.8, 4) is 0 Å². The predicted octanol–water partition coefficient (Wildman–Crippen LogP) is 1.38. The summed E-state index contributed by atoms with van der Waals surface area (Å²) >= 11 is 0. The van der Waals surface area contributed by atoms with E-state index in [2.05, 4.69) is 0 Å². The first-order chi connectivity index (χ1) is 6.11. The summed E-state index contributed by atoms with van der Waals surface area (Å²) in [5, 5.41) is 0. The molecule has 2 nitrogen and oxygen atoms in total. The van der Waals surface area contributed by atoms with Crippen LogP contribution < -0.4 is 5.73 Å². The molecule has 0 fully saturated rings. The smallest absolute Gasteiger partial charge is 0.217 e. The van der Waals surface area contributed by atoms with Crippen LogP contribution in [0.4, 0.5) is 8.78 Å². The molecule has 0 radical (unpaired) electrons. The highest BCUT2D eigenvalue weighted by Gasteiger charge is 2.07. The highest BCUT2D eigenvalue weighted by molar-refractivity contribution is 5.73. The van der Waals surface area contributed by atoms with Crippen LogP contribution in [0.5, 0.6) is 0 Å². The number of carbonyl (C=O) groups excluding carboxylic acids is 1. The van der Waals surface area contributed by atoms with Crippen molar-refractivity contribution >= 4 is 5.91 Å². The molecule has 1 aromatic rings. The van der Waals surface area contributed by atoms with E-state index in [0.29, 0.717) is 0 Å². The largest absolute Gasteiger partial charge is 0.370 e. The molecule has 13 heavy (non-hydrogen) atoms. The predicted molar refractivity (Wildman–Crippen MR) is 43.9 cm³/mol. The van der Waals surface area contributed by atoms with Crippen molar-refractivity contribution < 1.29 is 13.6 Å². The van der Waals surface area contributed by atoms with Crippen LogP contribution in [0.1, 0.15) is 12.0 Å². The van der Waals surface area contributed by atoms with Crippen LogP contribution in [0, 0.1) is 11.6 Å². The second-order valence-corrected chi connectivity index (χ2v) is 2.68. The number of rotatable bonds is 3. The Kier molecular flexibility index (Phi) is 2.95. The van der Waals surface area contributed by atoms with Gasteiger partial charge < -0.3 is 5.73 Å². The Balaban J connectivity index is 2.77. The lowest BCUT2D eigenvalue weighted by atomic mass is 10.1. The van der Waals surface area contributed by atoms with Gasteiger partial charge in [-0.2, -0.15) is 0 Å². The average Bonchev–Trinajstić information content (AvgIpc) is 2.07. The van der Waals surface area contributed by atoms with E-state index in [1.807, 2.05) is 0 Å². The minimum absolute atomic E-state index is 0.0281. The minimum Gasteiger partial charge on any atom is -0.370 e. The molecule has 0 heterocycles. The lowest BCUT2D eigenvalue weighted by Gasteiger charge is -2.01. The monoisotopic (exact) mass is 185 g/mol. The molecule has 0 aliphatic heterocycles. The molecule has 0 aliphatic carbocycles. The molecule has 0 saturated carbocycles. The van der Waals surface area contributed by atoms with Crippen LogP contribution >= 0.6 is 0 Å². The molecule has 0 atom stereocenters. The van der Waals surface area contributed by atoms with Crippen LogP contribution in [-0.4, -0.2) is 5.91 Å². The maximum absolute atomic E-state index is 12.9. The first kappa shape index (κ1) is 9.64. The third-order valence-corrected chi connectivity index (χ3v) is 1.67. The highest BCUT2D eigenvalue weighted by Crippen LogP contribution is 2.12. The normalized spacial score (nSPS) is 10.0. The fraction of sp³-hybridized carbons (Fsp3) is 0.222. The van der Waals surface area contributed by atoms with E-state index in [9.17, 15) is 13.6 Å². The Labute approximate surface area is 74.4 Å². The van der Waals surface area contributed by atoms with Gasteiger partial charge in [-0.1, -0.05) is 12.1 Å². The Morgan fingerprint density at radius 2 is 2.08 bits per heavy atom. The maximum atomic E-state index is 12.9. The quantitative estimate of drug-likeness (QED) is 0.759. The van der Waals surface area contributed by atoms with Crippen LogP contribution in [0.25, 0.3) is 0 Å². The molecule has 0 bridgehead atoms. The SMILES string of the molecule is NC(=O)CCc1cccc(F)c1F. The number of aryl methyl sites for hydroxylation is 1. The zero-order valence-corrected chi connectivity index (χ0v) is 6.89. The van der Waals surface area contributed by atoms with Crippen LogP contribution in [0.2, 0.25) is 0 Å². The highest BCUT2D eigenvalue weighted by atomic mass is 19.2. The zero-order valence-electron chi connectivity index (χ0n) is 6.89. The molecule has 2 N–H and O–H groups in total. The molecule has 0 spiro atoms. The first-order valence-corrected chi connectivity index (χ1v) is 3.82. The van der Waals surface area contributed by atoms with E-state index >= 15 is 0 Å². The average molecular weight is 185 g/mol. The van der Waals surface area contributed by atoms with Crippen LogP contribution in [-0.2, 0) is 11.2 Å². The third kappa shape index (κ3) is 2.50. The maximum Gasteiger partial charge on any atom is 0.217 e. The number of halogens is 2. The summed E-state index contributed by atoms with van der Waals surface area (Å²) in [6.45, 7) is 0. The van der Waals surface area contributed by atoms with Crippen molar-refractivity contribution in [2.24, 2.45) is 5.73 Å². The Morgan fingerprint density at radius 1 is 1.38 bits per heavy atom. The lowest BCUT2D eigenvalue weighted by molar-refractivity contribution is -0.117. The molecular formula is C9H9F2NO. The van der Waals surface area contributed by atoms with E-state index in [4.69, 9.17) is 5.73 Å². The summed E-state index contributed by atoms with van der Waals surface area (Å²) in [5.74, 6) is -2.32. The molecular weight excluding hydrogens is 176 g/mol.